The van der Waals surface area contributed by atoms with Crippen LogP contribution in [0, 0.1) is 5.92 Å². The van der Waals surface area contributed by atoms with E-state index in [1.165, 1.54) is 18.3 Å². The number of anilines is 1. The SMILES string of the molecule is CC(=O)NC(C(=O)Nc1nc2ccc(Cl)cc2s1)C1CCCC1. The number of carbonyl (C=O) groups is 2. The van der Waals surface area contributed by atoms with Crippen molar-refractivity contribution in [3.05, 3.63) is 23.2 Å². The highest BCUT2D eigenvalue weighted by molar-refractivity contribution is 7.22. The standard InChI is InChI=1S/C16H18ClN3O2S/c1-9(21)18-14(10-4-2-3-5-10)15(22)20-16-19-12-7-6-11(17)8-13(12)23-16/h6-8,10,14H,2-5H2,1H3,(H,18,21)(H,19,20,22). The van der Waals surface area contributed by atoms with Crippen molar-refractivity contribution in [1.82, 2.24) is 10.3 Å². The Labute approximate surface area is 143 Å². The van der Waals surface area contributed by atoms with Gasteiger partial charge >= 0.3 is 0 Å². The fourth-order valence-electron chi connectivity index (χ4n) is 3.04. The van der Waals surface area contributed by atoms with Gasteiger partial charge < -0.3 is 10.6 Å². The second-order valence-corrected chi connectivity index (χ2v) is 7.31. The van der Waals surface area contributed by atoms with E-state index in [0.717, 1.165) is 35.9 Å². The van der Waals surface area contributed by atoms with Crippen molar-refractivity contribution in [3.8, 4) is 0 Å². The first-order valence-electron chi connectivity index (χ1n) is 7.67. The minimum absolute atomic E-state index is 0.187. The van der Waals surface area contributed by atoms with Gasteiger partial charge in [0.2, 0.25) is 11.8 Å². The molecular weight excluding hydrogens is 334 g/mol. The van der Waals surface area contributed by atoms with Crippen molar-refractivity contribution in [2.24, 2.45) is 5.92 Å². The van der Waals surface area contributed by atoms with Gasteiger partial charge in [-0.15, -0.1) is 0 Å². The van der Waals surface area contributed by atoms with Crippen LogP contribution in [0.2, 0.25) is 5.02 Å². The molecule has 3 rings (SSSR count). The van der Waals surface area contributed by atoms with Crippen molar-refractivity contribution < 1.29 is 9.59 Å². The summed E-state index contributed by atoms with van der Waals surface area (Å²) in [4.78, 5) is 28.4. The van der Waals surface area contributed by atoms with Gasteiger partial charge in [0.15, 0.2) is 5.13 Å². The molecule has 2 N–H and O–H groups in total. The number of benzene rings is 1. The molecule has 1 fully saturated rings. The molecule has 122 valence electrons. The number of amides is 2. The van der Waals surface area contributed by atoms with E-state index in [4.69, 9.17) is 11.6 Å². The molecule has 23 heavy (non-hydrogen) atoms. The highest BCUT2D eigenvalue weighted by Crippen LogP contribution is 2.31. The smallest absolute Gasteiger partial charge is 0.249 e. The van der Waals surface area contributed by atoms with E-state index in [1.54, 1.807) is 6.07 Å². The minimum Gasteiger partial charge on any atom is -0.344 e. The van der Waals surface area contributed by atoms with Crippen LogP contribution in [0.15, 0.2) is 18.2 Å². The first kappa shape index (κ1) is 16.2. The van der Waals surface area contributed by atoms with Crippen LogP contribution in [-0.4, -0.2) is 22.8 Å². The van der Waals surface area contributed by atoms with Gasteiger partial charge in [-0.25, -0.2) is 4.98 Å². The molecule has 7 heteroatoms. The summed E-state index contributed by atoms with van der Waals surface area (Å²) >= 11 is 7.35. The van der Waals surface area contributed by atoms with E-state index in [9.17, 15) is 9.59 Å². The Morgan fingerprint density at radius 3 is 2.78 bits per heavy atom. The lowest BCUT2D eigenvalue weighted by atomic mass is 9.97. The summed E-state index contributed by atoms with van der Waals surface area (Å²) in [6.07, 6.45) is 4.14. The van der Waals surface area contributed by atoms with E-state index >= 15 is 0 Å². The fourth-order valence-corrected chi connectivity index (χ4v) is 4.19. The fraction of sp³-hybridized carbons (Fsp3) is 0.438. The number of nitrogens with one attached hydrogen (secondary N) is 2. The maximum Gasteiger partial charge on any atom is 0.249 e. The number of halogens is 1. The Kier molecular flexibility index (Phi) is 4.82. The molecule has 1 unspecified atom stereocenters. The highest BCUT2D eigenvalue weighted by Gasteiger charge is 2.31. The van der Waals surface area contributed by atoms with Crippen LogP contribution in [0.4, 0.5) is 5.13 Å². The Bertz CT molecular complexity index is 740. The van der Waals surface area contributed by atoms with E-state index in [2.05, 4.69) is 15.6 Å². The lowest BCUT2D eigenvalue weighted by Gasteiger charge is -2.22. The number of thiazole rings is 1. The second-order valence-electron chi connectivity index (χ2n) is 5.84. The third kappa shape index (κ3) is 3.82. The van der Waals surface area contributed by atoms with Crippen LogP contribution in [0.25, 0.3) is 10.2 Å². The van der Waals surface area contributed by atoms with Gasteiger partial charge in [0.25, 0.3) is 0 Å². The molecule has 0 radical (unpaired) electrons. The zero-order valence-corrected chi connectivity index (χ0v) is 14.3. The molecule has 0 bridgehead atoms. The van der Waals surface area contributed by atoms with Crippen LogP contribution < -0.4 is 10.6 Å². The molecule has 2 aromatic rings. The maximum atomic E-state index is 12.6. The zero-order chi connectivity index (χ0) is 16.4. The molecule has 1 atom stereocenters. The average Bonchev–Trinajstić information content (AvgIpc) is 3.12. The summed E-state index contributed by atoms with van der Waals surface area (Å²) < 4.78 is 0.921. The van der Waals surface area contributed by atoms with Crippen molar-refractivity contribution in [3.63, 3.8) is 0 Å². The molecular formula is C16H18ClN3O2S. The van der Waals surface area contributed by atoms with Crippen molar-refractivity contribution >= 4 is 50.1 Å². The summed E-state index contributed by atoms with van der Waals surface area (Å²) in [7, 11) is 0. The Morgan fingerprint density at radius 2 is 2.09 bits per heavy atom. The Hall–Kier alpha value is -1.66. The quantitative estimate of drug-likeness (QED) is 0.884. The number of hydrogen-bond donors (Lipinski definition) is 2. The van der Waals surface area contributed by atoms with E-state index < -0.39 is 6.04 Å². The van der Waals surface area contributed by atoms with Gasteiger partial charge in [-0.1, -0.05) is 35.8 Å². The summed E-state index contributed by atoms with van der Waals surface area (Å²) in [5.41, 5.74) is 0.798. The van der Waals surface area contributed by atoms with Crippen LogP contribution in [-0.2, 0) is 9.59 Å². The number of fused-ring (bicyclic) bond motifs is 1. The van der Waals surface area contributed by atoms with Crippen molar-refractivity contribution in [2.45, 2.75) is 38.6 Å². The summed E-state index contributed by atoms with van der Waals surface area (Å²) in [6, 6.07) is 4.93. The predicted octanol–water partition coefficient (Wildman–Crippen LogP) is 3.58. The lowest BCUT2D eigenvalue weighted by molar-refractivity contribution is -0.126. The molecule has 5 nitrogen and oxygen atoms in total. The molecule has 1 aromatic carbocycles. The van der Waals surface area contributed by atoms with Gasteiger partial charge in [0, 0.05) is 11.9 Å². The summed E-state index contributed by atoms with van der Waals surface area (Å²) in [6.45, 7) is 1.44. The van der Waals surface area contributed by atoms with Crippen molar-refractivity contribution in [2.75, 3.05) is 5.32 Å². The minimum atomic E-state index is -0.495. The summed E-state index contributed by atoms with van der Waals surface area (Å²) in [5.74, 6) is -0.187. The topological polar surface area (TPSA) is 71.1 Å². The Morgan fingerprint density at radius 1 is 1.35 bits per heavy atom. The number of carbonyl (C=O) groups excluding carboxylic acids is 2. The van der Waals surface area contributed by atoms with E-state index in [1.807, 2.05) is 12.1 Å². The van der Waals surface area contributed by atoms with Gasteiger partial charge in [0.05, 0.1) is 10.2 Å². The van der Waals surface area contributed by atoms with Crippen molar-refractivity contribution in [1.29, 1.82) is 0 Å². The number of nitrogens with zero attached hydrogens (tertiary/aromatic N) is 1. The molecule has 0 aliphatic heterocycles. The predicted molar refractivity (Wildman–Crippen MR) is 92.8 cm³/mol. The molecule has 2 amide bonds. The van der Waals surface area contributed by atoms with Gasteiger partial charge in [-0.2, -0.15) is 0 Å². The van der Waals surface area contributed by atoms with Crippen LogP contribution in [0.1, 0.15) is 32.6 Å². The molecule has 1 heterocycles. The maximum absolute atomic E-state index is 12.6. The van der Waals surface area contributed by atoms with Crippen LogP contribution >= 0.6 is 22.9 Å². The lowest BCUT2D eigenvalue weighted by Crippen LogP contribution is -2.47. The second kappa shape index (κ2) is 6.84. The van der Waals surface area contributed by atoms with Gasteiger partial charge in [-0.05, 0) is 37.0 Å². The first-order chi connectivity index (χ1) is 11.0. The summed E-state index contributed by atoms with van der Waals surface area (Å²) in [5, 5.41) is 6.80. The largest absolute Gasteiger partial charge is 0.344 e. The third-order valence-electron chi connectivity index (χ3n) is 4.09. The number of hydrogen-bond acceptors (Lipinski definition) is 4. The van der Waals surface area contributed by atoms with Crippen LogP contribution in [0.3, 0.4) is 0 Å². The molecule has 1 aliphatic rings. The third-order valence-corrected chi connectivity index (χ3v) is 5.26. The molecule has 0 spiro atoms. The number of aromatic nitrogens is 1. The first-order valence-corrected chi connectivity index (χ1v) is 8.86. The molecule has 1 aliphatic carbocycles. The normalized spacial score (nSPS) is 16.4. The molecule has 1 aromatic heterocycles. The Balaban J connectivity index is 1.77. The van der Waals surface area contributed by atoms with Gasteiger partial charge in [0.1, 0.15) is 6.04 Å². The molecule has 0 saturated heterocycles. The molecule has 1 saturated carbocycles. The monoisotopic (exact) mass is 351 g/mol. The average molecular weight is 352 g/mol. The highest BCUT2D eigenvalue weighted by atomic mass is 35.5. The number of rotatable bonds is 4. The van der Waals surface area contributed by atoms with Gasteiger partial charge in [-0.3, -0.25) is 9.59 Å². The van der Waals surface area contributed by atoms with E-state index in [0.29, 0.717) is 10.2 Å². The van der Waals surface area contributed by atoms with Crippen LogP contribution in [0.5, 0.6) is 0 Å². The van der Waals surface area contributed by atoms with E-state index in [-0.39, 0.29) is 17.7 Å². The zero-order valence-electron chi connectivity index (χ0n) is 12.8.